The molecule has 0 aliphatic rings. The third-order valence-electron chi connectivity index (χ3n) is 4.71. The van der Waals surface area contributed by atoms with Crippen molar-refractivity contribution < 1.29 is 14.0 Å². The molecule has 8 heteroatoms. The average molecular weight is 485 g/mol. The van der Waals surface area contributed by atoms with Crippen LogP contribution in [0.25, 0.3) is 0 Å². The molecule has 0 aliphatic heterocycles. The van der Waals surface area contributed by atoms with Crippen LogP contribution in [0.4, 0.5) is 4.39 Å². The fourth-order valence-electron chi connectivity index (χ4n) is 3.07. The van der Waals surface area contributed by atoms with E-state index >= 15 is 0 Å². The van der Waals surface area contributed by atoms with E-state index in [1.807, 2.05) is 13.8 Å². The lowest BCUT2D eigenvalue weighted by Crippen LogP contribution is -2.49. The standard InChI is InChI=1S/C23H27Cl2FN2O2S/c1-3-11-27-23(30)21(4-2)28(13-16-9-10-18(24)19(25)12-16)22(29)15-31-14-17-7-5-6-8-20(17)26/h5-10,12,21H,3-4,11,13-15H2,1-2H3,(H,27,30)/t21-/m1/s1. The summed E-state index contributed by atoms with van der Waals surface area (Å²) in [6.45, 7) is 4.62. The Morgan fingerprint density at radius 3 is 2.52 bits per heavy atom. The quantitative estimate of drug-likeness (QED) is 0.444. The first-order chi connectivity index (χ1) is 14.9. The van der Waals surface area contributed by atoms with Crippen molar-refractivity contribution in [2.45, 2.75) is 45.0 Å². The zero-order valence-electron chi connectivity index (χ0n) is 17.7. The van der Waals surface area contributed by atoms with E-state index in [1.54, 1.807) is 41.3 Å². The summed E-state index contributed by atoms with van der Waals surface area (Å²) in [6.07, 6.45) is 1.28. The van der Waals surface area contributed by atoms with Crippen LogP contribution in [0, 0.1) is 5.82 Å². The third-order valence-corrected chi connectivity index (χ3v) is 6.42. The number of hydrogen-bond acceptors (Lipinski definition) is 3. The Morgan fingerprint density at radius 1 is 1.13 bits per heavy atom. The molecule has 0 bridgehead atoms. The van der Waals surface area contributed by atoms with Crippen LogP contribution in [0.1, 0.15) is 37.8 Å². The molecule has 0 spiro atoms. The van der Waals surface area contributed by atoms with E-state index < -0.39 is 6.04 Å². The minimum Gasteiger partial charge on any atom is -0.354 e. The molecule has 2 amide bonds. The van der Waals surface area contributed by atoms with Crippen LogP contribution < -0.4 is 5.32 Å². The Balaban J connectivity index is 2.16. The number of carbonyl (C=O) groups excluding carboxylic acids is 2. The monoisotopic (exact) mass is 484 g/mol. The van der Waals surface area contributed by atoms with Crippen molar-refractivity contribution in [2.24, 2.45) is 0 Å². The van der Waals surface area contributed by atoms with Gasteiger partial charge in [-0.3, -0.25) is 9.59 Å². The second-order valence-corrected chi connectivity index (χ2v) is 8.87. The molecule has 2 rings (SSSR count). The highest BCUT2D eigenvalue weighted by Gasteiger charge is 2.28. The predicted molar refractivity (Wildman–Crippen MR) is 127 cm³/mol. The molecule has 168 valence electrons. The van der Waals surface area contributed by atoms with Crippen molar-refractivity contribution >= 4 is 46.8 Å². The Bertz CT molecular complexity index is 898. The minimum absolute atomic E-state index is 0.132. The van der Waals surface area contributed by atoms with Gasteiger partial charge in [-0.1, -0.05) is 61.3 Å². The predicted octanol–water partition coefficient (Wildman–Crippen LogP) is 5.70. The maximum Gasteiger partial charge on any atom is 0.242 e. The number of hydrogen-bond donors (Lipinski definition) is 1. The minimum atomic E-state index is -0.609. The molecule has 2 aromatic carbocycles. The first-order valence-electron chi connectivity index (χ1n) is 10.2. The molecule has 2 aromatic rings. The maximum absolute atomic E-state index is 13.9. The molecule has 1 N–H and O–H groups in total. The van der Waals surface area contributed by atoms with Crippen LogP contribution in [0.15, 0.2) is 42.5 Å². The van der Waals surface area contributed by atoms with E-state index in [-0.39, 0.29) is 29.9 Å². The van der Waals surface area contributed by atoms with E-state index in [4.69, 9.17) is 23.2 Å². The van der Waals surface area contributed by atoms with Gasteiger partial charge in [0.15, 0.2) is 0 Å². The van der Waals surface area contributed by atoms with Crippen LogP contribution in [0.3, 0.4) is 0 Å². The van der Waals surface area contributed by atoms with Gasteiger partial charge < -0.3 is 10.2 Å². The normalized spacial score (nSPS) is 11.8. The summed E-state index contributed by atoms with van der Waals surface area (Å²) in [5, 5.41) is 3.70. The summed E-state index contributed by atoms with van der Waals surface area (Å²) in [6, 6.07) is 11.1. The van der Waals surface area contributed by atoms with Gasteiger partial charge >= 0.3 is 0 Å². The number of amides is 2. The van der Waals surface area contributed by atoms with E-state index in [0.29, 0.717) is 34.3 Å². The van der Waals surface area contributed by atoms with Crippen LogP contribution >= 0.6 is 35.0 Å². The Morgan fingerprint density at radius 2 is 1.87 bits per heavy atom. The van der Waals surface area contributed by atoms with Gasteiger partial charge in [-0.15, -0.1) is 11.8 Å². The topological polar surface area (TPSA) is 49.4 Å². The zero-order valence-corrected chi connectivity index (χ0v) is 20.0. The molecule has 0 unspecified atom stereocenters. The fraction of sp³-hybridized carbons (Fsp3) is 0.391. The third kappa shape index (κ3) is 7.70. The summed E-state index contributed by atoms with van der Waals surface area (Å²) in [5.41, 5.74) is 1.33. The molecule has 0 aliphatic carbocycles. The van der Waals surface area contributed by atoms with Gasteiger partial charge in [0, 0.05) is 18.8 Å². The number of nitrogens with one attached hydrogen (secondary N) is 1. The summed E-state index contributed by atoms with van der Waals surface area (Å²) >= 11 is 13.5. The highest BCUT2D eigenvalue weighted by molar-refractivity contribution is 7.99. The van der Waals surface area contributed by atoms with E-state index in [2.05, 4.69) is 5.32 Å². The summed E-state index contributed by atoms with van der Waals surface area (Å²) in [7, 11) is 0. The van der Waals surface area contributed by atoms with Gasteiger partial charge in [-0.2, -0.15) is 0 Å². The number of rotatable bonds is 11. The summed E-state index contributed by atoms with van der Waals surface area (Å²) in [4.78, 5) is 27.4. The van der Waals surface area contributed by atoms with Crippen LogP contribution in [-0.4, -0.2) is 35.1 Å². The molecule has 0 aromatic heterocycles. The summed E-state index contributed by atoms with van der Waals surface area (Å²) in [5.74, 6) is -0.159. The van der Waals surface area contributed by atoms with Crippen molar-refractivity contribution in [1.29, 1.82) is 0 Å². The Kier molecular flexibility index (Phi) is 10.6. The summed E-state index contributed by atoms with van der Waals surface area (Å²) < 4.78 is 13.9. The molecule has 31 heavy (non-hydrogen) atoms. The molecule has 0 heterocycles. The largest absolute Gasteiger partial charge is 0.354 e. The van der Waals surface area contributed by atoms with Crippen molar-refractivity contribution in [3.05, 3.63) is 69.5 Å². The maximum atomic E-state index is 13.9. The smallest absolute Gasteiger partial charge is 0.242 e. The first-order valence-corrected chi connectivity index (χ1v) is 12.1. The number of halogens is 3. The van der Waals surface area contributed by atoms with Crippen LogP contribution in [0.2, 0.25) is 10.0 Å². The molecule has 0 fully saturated rings. The van der Waals surface area contributed by atoms with Crippen LogP contribution in [0.5, 0.6) is 0 Å². The number of carbonyl (C=O) groups is 2. The zero-order chi connectivity index (χ0) is 22.8. The van der Waals surface area contributed by atoms with Gasteiger partial charge in [0.05, 0.1) is 15.8 Å². The van der Waals surface area contributed by atoms with Crippen LogP contribution in [-0.2, 0) is 21.9 Å². The van der Waals surface area contributed by atoms with Crippen molar-refractivity contribution in [2.75, 3.05) is 12.3 Å². The van der Waals surface area contributed by atoms with Crippen molar-refractivity contribution in [1.82, 2.24) is 10.2 Å². The van der Waals surface area contributed by atoms with E-state index in [9.17, 15) is 14.0 Å². The molecule has 1 atom stereocenters. The highest BCUT2D eigenvalue weighted by Crippen LogP contribution is 2.24. The van der Waals surface area contributed by atoms with Crippen molar-refractivity contribution in [3.8, 4) is 0 Å². The van der Waals surface area contributed by atoms with Gasteiger partial charge in [0.1, 0.15) is 11.9 Å². The lowest BCUT2D eigenvalue weighted by atomic mass is 10.1. The lowest BCUT2D eigenvalue weighted by Gasteiger charge is -2.30. The number of benzene rings is 2. The van der Waals surface area contributed by atoms with Gasteiger partial charge in [0.25, 0.3) is 0 Å². The molecule has 0 saturated heterocycles. The van der Waals surface area contributed by atoms with E-state index in [1.165, 1.54) is 17.8 Å². The van der Waals surface area contributed by atoms with Crippen molar-refractivity contribution in [3.63, 3.8) is 0 Å². The molecule has 0 radical (unpaired) electrons. The molecule has 0 saturated carbocycles. The lowest BCUT2D eigenvalue weighted by molar-refractivity contribution is -0.139. The number of nitrogens with zero attached hydrogens (tertiary/aromatic N) is 1. The Labute approximate surface area is 197 Å². The fourth-order valence-corrected chi connectivity index (χ4v) is 4.28. The second kappa shape index (κ2) is 12.9. The number of thioether (sulfide) groups is 1. The molecular formula is C23H27Cl2FN2O2S. The Hall–Kier alpha value is -1.76. The highest BCUT2D eigenvalue weighted by atomic mass is 35.5. The van der Waals surface area contributed by atoms with E-state index in [0.717, 1.165) is 12.0 Å². The average Bonchev–Trinajstić information content (AvgIpc) is 2.75. The van der Waals surface area contributed by atoms with Gasteiger partial charge in [-0.05, 0) is 42.2 Å². The second-order valence-electron chi connectivity index (χ2n) is 7.07. The molecule has 4 nitrogen and oxygen atoms in total. The first kappa shape index (κ1) is 25.5. The van der Waals surface area contributed by atoms with Gasteiger partial charge in [0.2, 0.25) is 11.8 Å². The van der Waals surface area contributed by atoms with Gasteiger partial charge in [-0.25, -0.2) is 4.39 Å². The SMILES string of the molecule is CCCNC(=O)[C@@H](CC)N(Cc1ccc(Cl)c(Cl)c1)C(=O)CSCc1ccccc1F. The molecular weight excluding hydrogens is 458 g/mol.